The summed E-state index contributed by atoms with van der Waals surface area (Å²) in [4.78, 5) is 24.3. The summed E-state index contributed by atoms with van der Waals surface area (Å²) in [5.74, 6) is -0.687. The Morgan fingerprint density at radius 1 is 1.19 bits per heavy atom. The van der Waals surface area contributed by atoms with E-state index in [4.69, 9.17) is 0 Å². The molecule has 0 saturated carbocycles. The highest BCUT2D eigenvalue weighted by Gasteiger charge is 2.59. The van der Waals surface area contributed by atoms with Crippen LogP contribution in [0, 0.1) is 10.1 Å². The van der Waals surface area contributed by atoms with Gasteiger partial charge >= 0.3 is 0 Å². The van der Waals surface area contributed by atoms with Crippen LogP contribution in [0.2, 0.25) is 0 Å². The summed E-state index contributed by atoms with van der Waals surface area (Å²) in [6.45, 7) is 1.48. The van der Waals surface area contributed by atoms with E-state index in [1.54, 1.807) is 11.2 Å². The number of ketones is 1. The van der Waals surface area contributed by atoms with Crippen LogP contribution in [-0.2, 0) is 4.79 Å². The normalized spacial score (nSPS) is 26.3. The van der Waals surface area contributed by atoms with E-state index in [9.17, 15) is 14.9 Å². The number of hydrogen-bond acceptors (Lipinski definition) is 5. The molecule has 0 spiro atoms. The van der Waals surface area contributed by atoms with Gasteiger partial charge in [0.1, 0.15) is 12.1 Å². The molecule has 0 radical (unpaired) electrons. The number of carbonyl (C=O) groups excluding carboxylic acids is 1. The Morgan fingerprint density at radius 2 is 1.88 bits per heavy atom. The fourth-order valence-corrected chi connectivity index (χ4v) is 4.39. The quantitative estimate of drug-likeness (QED) is 0.569. The lowest BCUT2D eigenvalue weighted by molar-refractivity contribution is -0.529. The lowest BCUT2D eigenvalue weighted by Gasteiger charge is -2.30. The maximum absolute atomic E-state index is 12.5. The molecule has 2 aliphatic heterocycles. The van der Waals surface area contributed by atoms with Crippen molar-refractivity contribution >= 4 is 27.9 Å². The van der Waals surface area contributed by atoms with Crippen molar-refractivity contribution < 1.29 is 9.72 Å². The van der Waals surface area contributed by atoms with Crippen molar-refractivity contribution in [2.24, 2.45) is 5.10 Å². The maximum atomic E-state index is 12.5. The summed E-state index contributed by atoms with van der Waals surface area (Å²) in [5, 5.41) is 18.2. The molecular weight excluding hydrogens is 398 g/mol. The van der Waals surface area contributed by atoms with Crippen LogP contribution >= 0.6 is 15.9 Å². The molecule has 0 unspecified atom stereocenters. The molecule has 2 aromatic rings. The van der Waals surface area contributed by atoms with Gasteiger partial charge < -0.3 is 0 Å². The van der Waals surface area contributed by atoms with Crippen molar-refractivity contribution in [3.05, 3.63) is 79.8 Å². The van der Waals surface area contributed by atoms with Crippen molar-refractivity contribution in [2.45, 2.75) is 31.0 Å². The van der Waals surface area contributed by atoms with Gasteiger partial charge in [0.2, 0.25) is 6.04 Å². The standard InChI is InChI=1S/C19H16BrN3O3/c1-11(24)17-16(12-6-8-14(20)9-7-12)19(23(25)26)18-15-5-3-2-4-13(15)10-21-22(17)18/h2-10,16-19H,1H3/t16-,17+,18-,19-/m0/s1. The van der Waals surface area contributed by atoms with Gasteiger partial charge in [-0.25, -0.2) is 0 Å². The Hall–Kier alpha value is -2.54. The lowest BCUT2D eigenvalue weighted by Crippen LogP contribution is -2.36. The fourth-order valence-electron chi connectivity index (χ4n) is 4.12. The molecule has 2 aromatic carbocycles. The third-order valence-corrected chi connectivity index (χ3v) is 5.69. The third kappa shape index (κ3) is 2.54. The Bertz CT molecular complexity index is 913. The van der Waals surface area contributed by atoms with Gasteiger partial charge in [0.25, 0.3) is 0 Å². The summed E-state index contributed by atoms with van der Waals surface area (Å²) in [5.41, 5.74) is 2.48. The van der Waals surface area contributed by atoms with Crippen LogP contribution in [-0.4, -0.2) is 34.0 Å². The number of hydrazone groups is 1. The first-order chi connectivity index (χ1) is 12.5. The zero-order valence-corrected chi connectivity index (χ0v) is 15.5. The topological polar surface area (TPSA) is 75.8 Å². The van der Waals surface area contributed by atoms with Gasteiger partial charge in [-0.1, -0.05) is 52.3 Å². The summed E-state index contributed by atoms with van der Waals surface area (Å²) in [6, 6.07) is 12.7. The van der Waals surface area contributed by atoms with Crippen molar-refractivity contribution in [3.8, 4) is 0 Å². The molecule has 6 nitrogen and oxygen atoms in total. The minimum atomic E-state index is -0.955. The van der Waals surface area contributed by atoms with Crippen LogP contribution in [0.3, 0.4) is 0 Å². The van der Waals surface area contributed by atoms with Crippen LogP contribution in [0.25, 0.3) is 0 Å². The first kappa shape index (κ1) is 16.9. The number of rotatable bonds is 3. The summed E-state index contributed by atoms with van der Waals surface area (Å²) >= 11 is 3.39. The summed E-state index contributed by atoms with van der Waals surface area (Å²) in [7, 11) is 0. The molecule has 0 amide bonds. The Kier molecular flexibility index (Phi) is 4.11. The van der Waals surface area contributed by atoms with Crippen LogP contribution < -0.4 is 0 Å². The van der Waals surface area contributed by atoms with E-state index in [1.165, 1.54) is 6.92 Å². The highest BCUT2D eigenvalue weighted by atomic mass is 79.9. The second-order valence-electron chi connectivity index (χ2n) is 6.61. The lowest BCUT2D eigenvalue weighted by atomic mass is 9.84. The largest absolute Gasteiger partial charge is 0.298 e. The molecule has 1 fully saturated rings. The van der Waals surface area contributed by atoms with Gasteiger partial charge in [-0.3, -0.25) is 19.9 Å². The predicted octanol–water partition coefficient (Wildman–Crippen LogP) is 3.54. The number of hydrogen-bond donors (Lipinski definition) is 0. The minimum Gasteiger partial charge on any atom is -0.298 e. The minimum absolute atomic E-state index is 0.121. The average Bonchev–Trinajstić information content (AvgIpc) is 2.98. The number of carbonyl (C=O) groups is 1. The van der Waals surface area contributed by atoms with Gasteiger partial charge in [-0.05, 0) is 30.2 Å². The van der Waals surface area contributed by atoms with Crippen molar-refractivity contribution in [3.63, 3.8) is 0 Å². The SMILES string of the molecule is CC(=O)[C@@H]1[C@H](c2ccc(Br)cc2)[C@H]([N+](=O)[O-])[C@@H]2c3ccccc3C=NN12. The van der Waals surface area contributed by atoms with Crippen molar-refractivity contribution in [1.82, 2.24) is 5.01 Å². The predicted molar refractivity (Wildman–Crippen MR) is 101 cm³/mol. The second kappa shape index (κ2) is 6.32. The first-order valence-electron chi connectivity index (χ1n) is 8.29. The van der Waals surface area contributed by atoms with Crippen molar-refractivity contribution in [2.75, 3.05) is 0 Å². The van der Waals surface area contributed by atoms with Gasteiger partial charge in [-0.15, -0.1) is 0 Å². The van der Waals surface area contributed by atoms with Crippen LogP contribution in [0.15, 0.2) is 58.1 Å². The maximum Gasteiger partial charge on any atom is 0.248 e. The second-order valence-corrected chi connectivity index (χ2v) is 7.52. The van der Waals surface area contributed by atoms with Gasteiger partial charge in [0, 0.05) is 15.0 Å². The number of nitrogens with zero attached hydrogens (tertiary/aromatic N) is 3. The van der Waals surface area contributed by atoms with Crippen LogP contribution in [0.5, 0.6) is 0 Å². The highest BCUT2D eigenvalue weighted by Crippen LogP contribution is 2.49. The monoisotopic (exact) mass is 413 g/mol. The van der Waals surface area contributed by atoms with E-state index in [0.29, 0.717) is 0 Å². The van der Waals surface area contributed by atoms with E-state index in [2.05, 4.69) is 21.0 Å². The molecule has 132 valence electrons. The Labute approximate surface area is 158 Å². The molecule has 1 saturated heterocycles. The summed E-state index contributed by atoms with van der Waals surface area (Å²) < 4.78 is 0.886. The number of nitro groups is 1. The fraction of sp³-hybridized carbons (Fsp3) is 0.263. The van der Waals surface area contributed by atoms with E-state index in [1.807, 2.05) is 48.5 Å². The molecule has 4 atom stereocenters. The zero-order valence-electron chi connectivity index (χ0n) is 13.9. The Balaban J connectivity index is 1.91. The average molecular weight is 414 g/mol. The molecular formula is C19H16BrN3O3. The molecule has 2 heterocycles. The van der Waals surface area contributed by atoms with E-state index in [-0.39, 0.29) is 10.7 Å². The number of halogens is 1. The van der Waals surface area contributed by atoms with E-state index in [0.717, 1.165) is 21.2 Å². The van der Waals surface area contributed by atoms with E-state index < -0.39 is 24.0 Å². The van der Waals surface area contributed by atoms with Gasteiger partial charge in [-0.2, -0.15) is 5.10 Å². The van der Waals surface area contributed by atoms with Gasteiger partial charge in [0.15, 0.2) is 5.78 Å². The highest BCUT2D eigenvalue weighted by molar-refractivity contribution is 9.10. The molecule has 4 rings (SSSR count). The number of fused-ring (bicyclic) bond motifs is 3. The van der Waals surface area contributed by atoms with Crippen molar-refractivity contribution in [1.29, 1.82) is 0 Å². The molecule has 0 N–H and O–H groups in total. The molecule has 0 bridgehead atoms. The molecule has 0 aliphatic carbocycles. The molecule has 0 aromatic heterocycles. The summed E-state index contributed by atoms with van der Waals surface area (Å²) in [6.07, 6.45) is 1.68. The van der Waals surface area contributed by atoms with Crippen LogP contribution in [0.4, 0.5) is 0 Å². The first-order valence-corrected chi connectivity index (χ1v) is 9.09. The third-order valence-electron chi connectivity index (χ3n) is 5.16. The zero-order chi connectivity index (χ0) is 18.4. The molecule has 26 heavy (non-hydrogen) atoms. The number of benzene rings is 2. The molecule has 2 aliphatic rings. The van der Waals surface area contributed by atoms with Gasteiger partial charge in [0.05, 0.1) is 12.1 Å². The van der Waals surface area contributed by atoms with E-state index >= 15 is 0 Å². The molecule has 7 heteroatoms. The smallest absolute Gasteiger partial charge is 0.248 e. The van der Waals surface area contributed by atoms with Crippen LogP contribution in [0.1, 0.15) is 35.6 Å². The Morgan fingerprint density at radius 3 is 2.54 bits per heavy atom. The number of Topliss-reactive ketones (excluding diaryl/α,β-unsaturated/α-hetero) is 1.